The third-order valence-corrected chi connectivity index (χ3v) is 11.8. The van der Waals surface area contributed by atoms with Crippen molar-refractivity contribution in [3.63, 3.8) is 0 Å². The van der Waals surface area contributed by atoms with Gasteiger partial charge in [-0.1, -0.05) is 42.3 Å². The second kappa shape index (κ2) is 8.44. The number of nitriles is 2. The van der Waals surface area contributed by atoms with E-state index in [2.05, 4.69) is 16.5 Å². The fraction of sp³-hybridized carbons (Fsp3) is 0.286. The Morgan fingerprint density at radius 3 is 1.62 bits per heavy atom. The molecule has 3 heteroatoms. The van der Waals surface area contributed by atoms with Gasteiger partial charge in [-0.25, -0.2) is 0 Å². The van der Waals surface area contributed by atoms with E-state index in [1.165, 1.54) is 0 Å². The minimum absolute atomic E-state index is 0.00362. The number of aromatic nitrogens is 1. The molecule has 0 unspecified atom stereocenters. The minimum atomic E-state index is -0.558. The van der Waals surface area contributed by atoms with E-state index in [0.29, 0.717) is 27.4 Å². The number of rotatable bonds is 1. The molecule has 13 rings (SSSR count). The van der Waals surface area contributed by atoms with Crippen molar-refractivity contribution in [3.8, 4) is 23.3 Å². The van der Waals surface area contributed by atoms with Crippen molar-refractivity contribution in [2.24, 2.45) is 0 Å². The van der Waals surface area contributed by atoms with Crippen molar-refractivity contribution in [2.45, 2.75) is 75.0 Å². The summed E-state index contributed by atoms with van der Waals surface area (Å²) in [4.78, 5) is 0. The van der Waals surface area contributed by atoms with Crippen LogP contribution in [0.4, 0.5) is 0 Å². The first-order valence-electron chi connectivity index (χ1n) is 20.7. The number of hydrogen-bond donors (Lipinski definition) is 0. The first kappa shape index (κ1) is 17.6. The largest absolute Gasteiger partial charge is 0.308 e. The summed E-state index contributed by atoms with van der Waals surface area (Å²) in [6.07, 6.45) is 7.74. The molecule has 3 nitrogen and oxygen atoms in total. The Bertz CT molecular complexity index is 2890. The van der Waals surface area contributed by atoms with Crippen molar-refractivity contribution in [1.82, 2.24) is 4.40 Å². The minimum Gasteiger partial charge on any atom is -0.308 e. The Morgan fingerprint density at radius 1 is 0.600 bits per heavy atom. The van der Waals surface area contributed by atoms with E-state index in [1.54, 1.807) is 0 Å². The van der Waals surface area contributed by atoms with Crippen LogP contribution >= 0.6 is 0 Å². The maximum Gasteiger partial charge on any atom is 0.0995 e. The Morgan fingerprint density at radius 2 is 1.09 bits per heavy atom. The van der Waals surface area contributed by atoms with Crippen LogP contribution in [0.15, 0.2) is 66.5 Å². The molecule has 0 atom stereocenters. The van der Waals surface area contributed by atoms with Crippen molar-refractivity contribution < 1.29 is 12.3 Å². The molecule has 5 aromatic carbocycles. The molecule has 0 radical (unpaired) electrons. The molecule has 2 heterocycles. The van der Waals surface area contributed by atoms with Crippen molar-refractivity contribution >= 4 is 48.9 Å². The lowest BCUT2D eigenvalue weighted by Crippen LogP contribution is -2.23. The van der Waals surface area contributed by atoms with Gasteiger partial charge in [0.1, 0.15) is 0 Å². The van der Waals surface area contributed by atoms with E-state index < -0.39 is 42.3 Å². The molecule has 0 aliphatic heterocycles. The third kappa shape index (κ3) is 2.91. The lowest BCUT2D eigenvalue weighted by molar-refractivity contribution is 0.360. The maximum absolute atomic E-state index is 10.6. The molecule has 2 fully saturated rings. The van der Waals surface area contributed by atoms with Crippen LogP contribution in [0.3, 0.4) is 0 Å². The molecular weight excluding hydrogens is 546 g/mol. The zero-order valence-electron chi connectivity index (χ0n) is 33.5. The highest BCUT2D eigenvalue weighted by atomic mass is 14.9. The summed E-state index contributed by atoms with van der Waals surface area (Å²) >= 11 is 0. The second-order valence-electron chi connectivity index (χ2n) is 13.7. The molecular formula is C42H31N3. The normalized spacial score (nSPS) is 26.0. The van der Waals surface area contributed by atoms with Gasteiger partial charge in [0, 0.05) is 21.5 Å². The summed E-state index contributed by atoms with van der Waals surface area (Å²) in [6.45, 7) is 0. The predicted octanol–water partition coefficient (Wildman–Crippen LogP) is 10.9. The summed E-state index contributed by atoms with van der Waals surface area (Å²) in [5.41, 5.74) is 7.39. The molecule has 6 aliphatic carbocycles. The van der Waals surface area contributed by atoms with Crippen LogP contribution in [0.25, 0.3) is 60.0 Å². The summed E-state index contributed by atoms with van der Waals surface area (Å²) in [5.74, 6) is 0.752. The molecule has 0 amide bonds. The van der Waals surface area contributed by atoms with E-state index in [-0.39, 0.29) is 57.7 Å². The topological polar surface area (TPSA) is 52.0 Å². The van der Waals surface area contributed by atoms with Crippen molar-refractivity contribution in [2.75, 3.05) is 0 Å². The summed E-state index contributed by atoms with van der Waals surface area (Å²) in [6, 6.07) is 5.07. The highest BCUT2D eigenvalue weighted by Gasteiger charge is 2.40. The van der Waals surface area contributed by atoms with Gasteiger partial charge in [0.15, 0.2) is 0 Å². The molecule has 7 aromatic rings. The van der Waals surface area contributed by atoms with E-state index >= 15 is 0 Å². The Labute approximate surface area is 274 Å². The zero-order valence-corrected chi connectivity index (χ0v) is 24.5. The molecule has 2 aromatic heterocycles. The van der Waals surface area contributed by atoms with Crippen LogP contribution < -0.4 is 0 Å². The Balaban J connectivity index is 1.46. The van der Waals surface area contributed by atoms with Crippen molar-refractivity contribution in [3.05, 3.63) is 99.9 Å². The summed E-state index contributed by atoms with van der Waals surface area (Å²) in [5, 5.41) is 23.6. The smallest absolute Gasteiger partial charge is 0.0995 e. The fourth-order valence-corrected chi connectivity index (χ4v) is 10.1. The SMILES string of the molecule is [2H]c1c([2H])c([2H])c2c(-c3c([2H])c4c5c6c(c(C#N)cc5n5c7cc(C#N)c8c(c7c(c3[2H])c45)C3CCC8CC3)C3CCC6CC3)c([2H])c([2H])c([2H])c2c1[2H]. The highest BCUT2D eigenvalue weighted by Crippen LogP contribution is 2.58. The van der Waals surface area contributed by atoms with Crippen LogP contribution in [-0.2, 0) is 0 Å². The monoisotopic (exact) mass is 586 g/mol. The standard InChI is InChI=1S/C42H31N3/c43-20-28-18-34-40(38-25-12-8-23(9-13-25)36(28)38)32-16-27(31-7-3-5-22-4-1-2-6-30(22)31)17-33-41-35(45(34)42(32)33)19-29(21-44)37-24-10-14-26(15-11-24)39(37)41/h1-7,16-19,23-26H,8-15H2/i1D,2D,3D,4D,5D,6D,7D,16D,17D. The number of hydrogen-bond acceptors (Lipinski definition) is 2. The van der Waals surface area contributed by atoms with Crippen LogP contribution in [0, 0.1) is 22.7 Å². The van der Waals surface area contributed by atoms with Gasteiger partial charge < -0.3 is 4.40 Å². The predicted molar refractivity (Wildman–Crippen MR) is 181 cm³/mol. The third-order valence-electron chi connectivity index (χ3n) is 11.8. The van der Waals surface area contributed by atoms with Gasteiger partial charge in [0.25, 0.3) is 0 Å². The lowest BCUT2D eigenvalue weighted by atomic mass is 9.64. The van der Waals surface area contributed by atoms with Crippen LogP contribution in [0.2, 0.25) is 0 Å². The average Bonchev–Trinajstić information content (AvgIpc) is 3.72. The average molecular weight is 587 g/mol. The molecule has 45 heavy (non-hydrogen) atoms. The van der Waals surface area contributed by atoms with E-state index in [4.69, 9.17) is 8.22 Å². The van der Waals surface area contributed by atoms with Crippen LogP contribution in [0.5, 0.6) is 0 Å². The number of nitrogens with zero attached hydrogens (tertiary/aromatic N) is 3. The van der Waals surface area contributed by atoms with Crippen LogP contribution in [0.1, 0.15) is 121 Å². The molecule has 4 bridgehead atoms. The Hall–Kier alpha value is -4.86. The lowest BCUT2D eigenvalue weighted by Gasteiger charge is -2.39. The Kier molecular flexibility index (Phi) is 3.30. The number of benzene rings is 5. The van der Waals surface area contributed by atoms with Gasteiger partial charge in [-0.3, -0.25) is 0 Å². The molecule has 0 N–H and O–H groups in total. The van der Waals surface area contributed by atoms with Crippen molar-refractivity contribution in [1.29, 1.82) is 10.5 Å². The zero-order chi connectivity index (χ0) is 37.4. The van der Waals surface area contributed by atoms with E-state index in [0.717, 1.165) is 95.4 Å². The maximum atomic E-state index is 10.6. The fourth-order valence-electron chi connectivity index (χ4n) is 10.1. The summed E-state index contributed by atoms with van der Waals surface area (Å²) < 4.78 is 84.1. The van der Waals surface area contributed by atoms with Gasteiger partial charge in [-0.2, -0.15) is 10.5 Å². The van der Waals surface area contributed by atoms with Gasteiger partial charge in [-0.05, 0) is 143 Å². The van der Waals surface area contributed by atoms with E-state index in [1.807, 2.05) is 12.1 Å². The molecule has 0 spiro atoms. The first-order chi connectivity index (χ1) is 26.0. The highest BCUT2D eigenvalue weighted by molar-refractivity contribution is 6.27. The van der Waals surface area contributed by atoms with Crippen LogP contribution in [-0.4, -0.2) is 4.40 Å². The summed E-state index contributed by atoms with van der Waals surface area (Å²) in [7, 11) is 0. The van der Waals surface area contributed by atoms with E-state index in [9.17, 15) is 14.6 Å². The molecule has 214 valence electrons. The van der Waals surface area contributed by atoms with Gasteiger partial charge in [0.05, 0.1) is 52.2 Å². The molecule has 0 saturated heterocycles. The molecule has 2 saturated carbocycles. The first-order valence-corrected chi connectivity index (χ1v) is 16.2. The number of fused-ring (bicyclic) bond motifs is 11. The quantitative estimate of drug-likeness (QED) is 0.192. The van der Waals surface area contributed by atoms with Gasteiger partial charge >= 0.3 is 0 Å². The molecule has 6 aliphatic rings. The second-order valence-corrected chi connectivity index (χ2v) is 13.7. The van der Waals surface area contributed by atoms with Gasteiger partial charge in [0.2, 0.25) is 0 Å². The van der Waals surface area contributed by atoms with Gasteiger partial charge in [-0.15, -0.1) is 0 Å².